The number of carbonyl (C=O) groups excluding carboxylic acids is 1. The molecule has 4 nitrogen and oxygen atoms in total. The number of nitrogens with two attached hydrogens (primary N) is 1. The van der Waals surface area contributed by atoms with Crippen molar-refractivity contribution >= 4 is 5.91 Å². The van der Waals surface area contributed by atoms with Gasteiger partial charge in [-0.2, -0.15) is 0 Å². The van der Waals surface area contributed by atoms with Gasteiger partial charge in [0, 0.05) is 19.2 Å². The molecule has 0 aliphatic heterocycles. The lowest BCUT2D eigenvalue weighted by molar-refractivity contribution is -0.132. The highest BCUT2D eigenvalue weighted by molar-refractivity contribution is 5.81. The summed E-state index contributed by atoms with van der Waals surface area (Å²) in [6, 6.07) is 7.25. The molecule has 0 spiro atoms. The van der Waals surface area contributed by atoms with Crippen LogP contribution in [-0.2, 0) is 11.3 Å². The Morgan fingerprint density at radius 1 is 1.42 bits per heavy atom. The summed E-state index contributed by atoms with van der Waals surface area (Å²) in [6.07, 6.45) is 0.898. The van der Waals surface area contributed by atoms with E-state index in [9.17, 15) is 4.79 Å². The third kappa shape index (κ3) is 3.96. The number of nitrogens with zero attached hydrogens (tertiary/aromatic N) is 1. The zero-order chi connectivity index (χ0) is 14.4. The average Bonchev–Trinajstić information content (AvgIpc) is 2.45. The van der Waals surface area contributed by atoms with E-state index in [2.05, 4.69) is 0 Å². The summed E-state index contributed by atoms with van der Waals surface area (Å²) in [4.78, 5) is 13.9. The maximum absolute atomic E-state index is 12.2. The maximum Gasteiger partial charge on any atom is 0.239 e. The zero-order valence-corrected chi connectivity index (χ0v) is 12.2. The van der Waals surface area contributed by atoms with Gasteiger partial charge in [0.15, 0.2) is 0 Å². The highest BCUT2D eigenvalue weighted by Crippen LogP contribution is 2.19. The fourth-order valence-electron chi connectivity index (χ4n) is 1.92. The Labute approximate surface area is 115 Å². The number of likely N-dealkylation sites (N-methyl/N-ethyl adjacent to an activating group) is 1. The second-order valence-electron chi connectivity index (χ2n) is 4.92. The Morgan fingerprint density at radius 2 is 2.05 bits per heavy atom. The number of carbonyl (C=O) groups is 1. The minimum absolute atomic E-state index is 0.0275. The summed E-state index contributed by atoms with van der Waals surface area (Å²) in [5.74, 6) is 0.951. The van der Waals surface area contributed by atoms with Crippen molar-refractivity contribution in [2.75, 3.05) is 14.2 Å². The highest BCUT2D eigenvalue weighted by atomic mass is 16.5. The van der Waals surface area contributed by atoms with E-state index in [1.807, 2.05) is 38.1 Å². The van der Waals surface area contributed by atoms with Crippen LogP contribution in [0.2, 0.25) is 0 Å². The molecular weight excluding hydrogens is 240 g/mol. The number of benzene rings is 1. The topological polar surface area (TPSA) is 55.6 Å². The van der Waals surface area contributed by atoms with E-state index in [0.29, 0.717) is 6.54 Å². The van der Waals surface area contributed by atoms with E-state index < -0.39 is 6.04 Å². The predicted octanol–water partition coefficient (Wildman–Crippen LogP) is 2.03. The molecule has 0 aliphatic carbocycles. The second-order valence-corrected chi connectivity index (χ2v) is 4.92. The molecule has 1 aromatic carbocycles. The van der Waals surface area contributed by atoms with Gasteiger partial charge in [-0.15, -0.1) is 0 Å². The average molecular weight is 264 g/mol. The Balaban J connectivity index is 2.73. The van der Waals surface area contributed by atoms with Crippen LogP contribution in [0.5, 0.6) is 5.75 Å². The van der Waals surface area contributed by atoms with Gasteiger partial charge in [0.25, 0.3) is 0 Å². The van der Waals surface area contributed by atoms with Crippen LogP contribution in [0.4, 0.5) is 0 Å². The first-order chi connectivity index (χ1) is 9.01. The van der Waals surface area contributed by atoms with Gasteiger partial charge < -0.3 is 15.4 Å². The van der Waals surface area contributed by atoms with Gasteiger partial charge >= 0.3 is 0 Å². The molecule has 1 rings (SSSR count). The quantitative estimate of drug-likeness (QED) is 0.855. The highest BCUT2D eigenvalue weighted by Gasteiger charge is 2.23. The molecule has 0 saturated heterocycles. The Hall–Kier alpha value is -1.55. The molecule has 106 valence electrons. The van der Waals surface area contributed by atoms with Crippen molar-refractivity contribution < 1.29 is 9.53 Å². The fourth-order valence-corrected chi connectivity index (χ4v) is 1.92. The van der Waals surface area contributed by atoms with E-state index >= 15 is 0 Å². The first kappa shape index (κ1) is 15.5. The third-order valence-corrected chi connectivity index (χ3v) is 3.52. The van der Waals surface area contributed by atoms with Gasteiger partial charge in [0.2, 0.25) is 5.91 Å². The van der Waals surface area contributed by atoms with Crippen LogP contribution in [0.1, 0.15) is 25.8 Å². The normalized spacial score (nSPS) is 13.7. The molecule has 2 N–H and O–H groups in total. The number of hydrogen-bond acceptors (Lipinski definition) is 3. The van der Waals surface area contributed by atoms with Crippen molar-refractivity contribution in [2.24, 2.45) is 11.7 Å². The van der Waals surface area contributed by atoms with Crippen molar-refractivity contribution in [1.29, 1.82) is 0 Å². The summed E-state index contributed by atoms with van der Waals surface area (Å²) in [5.41, 5.74) is 6.96. The van der Waals surface area contributed by atoms with Gasteiger partial charge in [-0.1, -0.05) is 38.5 Å². The fraction of sp³-hybridized carbons (Fsp3) is 0.533. The van der Waals surface area contributed by atoms with E-state index in [0.717, 1.165) is 17.7 Å². The number of ether oxygens (including phenoxy) is 1. The van der Waals surface area contributed by atoms with Crippen LogP contribution in [-0.4, -0.2) is 31.0 Å². The monoisotopic (exact) mass is 264 g/mol. The molecular formula is C15H24N2O2. The lowest BCUT2D eigenvalue weighted by atomic mass is 9.99. The van der Waals surface area contributed by atoms with Crippen LogP contribution in [0.15, 0.2) is 24.3 Å². The van der Waals surface area contributed by atoms with E-state index in [4.69, 9.17) is 10.5 Å². The smallest absolute Gasteiger partial charge is 0.239 e. The summed E-state index contributed by atoms with van der Waals surface area (Å²) in [7, 11) is 3.41. The van der Waals surface area contributed by atoms with Crippen molar-refractivity contribution in [2.45, 2.75) is 32.9 Å². The minimum Gasteiger partial charge on any atom is -0.496 e. The van der Waals surface area contributed by atoms with Crippen molar-refractivity contribution in [3.63, 3.8) is 0 Å². The SMILES string of the molecule is CC[C@H](C)[C@H](N)C(=O)N(C)Cc1ccccc1OC. The van der Waals surface area contributed by atoms with E-state index in [-0.39, 0.29) is 11.8 Å². The molecule has 0 bridgehead atoms. The van der Waals surface area contributed by atoms with Gasteiger partial charge in [-0.3, -0.25) is 4.79 Å². The molecule has 19 heavy (non-hydrogen) atoms. The molecule has 0 unspecified atom stereocenters. The van der Waals surface area contributed by atoms with Gasteiger partial charge in [0.1, 0.15) is 5.75 Å². The zero-order valence-electron chi connectivity index (χ0n) is 12.2. The number of para-hydroxylation sites is 1. The molecule has 0 heterocycles. The summed E-state index contributed by atoms with van der Waals surface area (Å²) >= 11 is 0. The summed E-state index contributed by atoms with van der Waals surface area (Å²) < 4.78 is 5.29. The third-order valence-electron chi connectivity index (χ3n) is 3.52. The number of amides is 1. The molecule has 2 atom stereocenters. The lowest BCUT2D eigenvalue weighted by Gasteiger charge is -2.25. The molecule has 1 amide bonds. The Kier molecular flexibility index (Phi) is 5.83. The van der Waals surface area contributed by atoms with Crippen molar-refractivity contribution in [1.82, 2.24) is 4.90 Å². The first-order valence-electron chi connectivity index (χ1n) is 6.63. The molecule has 1 aromatic rings. The Bertz CT molecular complexity index is 420. The summed E-state index contributed by atoms with van der Waals surface area (Å²) in [6.45, 7) is 4.55. The number of rotatable bonds is 6. The van der Waals surface area contributed by atoms with Crippen molar-refractivity contribution in [3.05, 3.63) is 29.8 Å². The van der Waals surface area contributed by atoms with Crippen molar-refractivity contribution in [3.8, 4) is 5.75 Å². The molecule has 0 fully saturated rings. The minimum atomic E-state index is -0.440. The lowest BCUT2D eigenvalue weighted by Crippen LogP contribution is -2.45. The Morgan fingerprint density at radius 3 is 2.63 bits per heavy atom. The molecule has 4 heteroatoms. The van der Waals surface area contributed by atoms with Crippen LogP contribution < -0.4 is 10.5 Å². The van der Waals surface area contributed by atoms with E-state index in [1.165, 1.54) is 0 Å². The standard InChI is InChI=1S/C15H24N2O2/c1-5-11(2)14(16)15(18)17(3)10-12-8-6-7-9-13(12)19-4/h6-9,11,14H,5,10,16H2,1-4H3/t11-,14-/m0/s1. The largest absolute Gasteiger partial charge is 0.496 e. The molecule has 0 aliphatic rings. The second kappa shape index (κ2) is 7.14. The van der Waals surface area contributed by atoms with Gasteiger partial charge in [-0.05, 0) is 12.0 Å². The molecule has 0 aromatic heterocycles. The van der Waals surface area contributed by atoms with E-state index in [1.54, 1.807) is 19.1 Å². The number of hydrogen-bond donors (Lipinski definition) is 1. The molecule has 0 saturated carbocycles. The summed E-state index contributed by atoms with van der Waals surface area (Å²) in [5, 5.41) is 0. The van der Waals surface area contributed by atoms with Crippen LogP contribution in [0.3, 0.4) is 0 Å². The first-order valence-corrected chi connectivity index (χ1v) is 6.63. The van der Waals surface area contributed by atoms with Gasteiger partial charge in [-0.25, -0.2) is 0 Å². The predicted molar refractivity (Wildman–Crippen MR) is 76.9 cm³/mol. The maximum atomic E-state index is 12.2. The van der Waals surface area contributed by atoms with Crippen LogP contribution >= 0.6 is 0 Å². The van der Waals surface area contributed by atoms with Crippen LogP contribution in [0.25, 0.3) is 0 Å². The number of methoxy groups -OCH3 is 1. The van der Waals surface area contributed by atoms with Gasteiger partial charge in [0.05, 0.1) is 13.2 Å². The molecule has 0 radical (unpaired) electrons. The van der Waals surface area contributed by atoms with Crippen LogP contribution in [0, 0.1) is 5.92 Å².